The highest BCUT2D eigenvalue weighted by Crippen LogP contribution is 2.34. The number of carbonyl (C=O) groups is 3. The number of anilines is 1. The maximum atomic E-state index is 14.1. The molecule has 11 heteroatoms. The van der Waals surface area contributed by atoms with Crippen LogP contribution in [0.3, 0.4) is 0 Å². The van der Waals surface area contributed by atoms with E-state index >= 15 is 0 Å². The van der Waals surface area contributed by atoms with E-state index in [-0.39, 0.29) is 24.7 Å². The first kappa shape index (κ1) is 30.4. The van der Waals surface area contributed by atoms with Crippen LogP contribution in [0.15, 0.2) is 104 Å². The molecule has 1 saturated heterocycles. The molecule has 0 bridgehead atoms. The molecule has 0 saturated carbocycles. The van der Waals surface area contributed by atoms with Gasteiger partial charge in [-0.25, -0.2) is 23.9 Å². The Kier molecular flexibility index (Phi) is 8.23. The summed E-state index contributed by atoms with van der Waals surface area (Å²) in [6.07, 6.45) is 1.76. The number of hydrogen-bond acceptors (Lipinski definition) is 8. The zero-order valence-electron chi connectivity index (χ0n) is 25.8. The highest BCUT2D eigenvalue weighted by atomic mass is 16.6. The summed E-state index contributed by atoms with van der Waals surface area (Å²) in [5, 5.41) is 0. The molecule has 1 amide bonds. The van der Waals surface area contributed by atoms with Crippen LogP contribution in [0.5, 0.6) is 0 Å². The maximum Gasteiger partial charge on any atom is 0.411 e. The number of amides is 1. The van der Waals surface area contributed by atoms with Gasteiger partial charge in [-0.2, -0.15) is 4.57 Å². The van der Waals surface area contributed by atoms with Crippen molar-refractivity contribution in [2.24, 2.45) is 0 Å². The Balaban J connectivity index is 1.37. The molecule has 11 nitrogen and oxygen atoms in total. The first-order valence-electron chi connectivity index (χ1n) is 15.0. The number of nitrogens with two attached hydrogens (primary N) is 1. The van der Waals surface area contributed by atoms with E-state index < -0.39 is 35.9 Å². The van der Waals surface area contributed by atoms with Gasteiger partial charge in [0.2, 0.25) is 12.1 Å². The molecule has 3 aromatic carbocycles. The van der Waals surface area contributed by atoms with Crippen LogP contribution in [-0.2, 0) is 14.3 Å². The first-order valence-corrected chi connectivity index (χ1v) is 15.0. The number of ether oxygens (including phenoxy) is 2. The summed E-state index contributed by atoms with van der Waals surface area (Å²) in [7, 11) is 0. The molecule has 1 aliphatic rings. The Bertz CT molecular complexity index is 1830. The SMILES string of the molecule is CC(C)(C)OC(=O)N1C[C@H](n2cnc3c(N)nc[n+](C(=O)c4ccccc4)c32)C[C@@H]1C(=O)OC(c1ccccc1)c1ccccc1. The van der Waals surface area contributed by atoms with Crippen molar-refractivity contribution in [3.05, 3.63) is 120 Å². The number of imidazole rings is 1. The highest BCUT2D eigenvalue weighted by Gasteiger charge is 2.46. The molecule has 0 unspecified atom stereocenters. The van der Waals surface area contributed by atoms with Crippen LogP contribution in [0.1, 0.15) is 60.8 Å². The zero-order chi connectivity index (χ0) is 32.4. The summed E-state index contributed by atoms with van der Waals surface area (Å²) in [4.78, 5) is 51.3. The van der Waals surface area contributed by atoms with E-state index in [1.807, 2.05) is 66.7 Å². The number of benzene rings is 3. The molecule has 46 heavy (non-hydrogen) atoms. The monoisotopic (exact) mass is 619 g/mol. The van der Waals surface area contributed by atoms with Gasteiger partial charge in [-0.15, -0.1) is 0 Å². The van der Waals surface area contributed by atoms with Gasteiger partial charge in [0.15, 0.2) is 17.9 Å². The molecule has 3 heterocycles. The fourth-order valence-electron chi connectivity index (χ4n) is 5.69. The molecular weight excluding hydrogens is 584 g/mol. The quantitative estimate of drug-likeness (QED) is 0.210. The van der Waals surface area contributed by atoms with E-state index in [1.54, 1.807) is 55.9 Å². The van der Waals surface area contributed by atoms with Crippen LogP contribution >= 0.6 is 0 Å². The number of aromatic nitrogens is 4. The number of nitrogen functional groups attached to an aromatic ring is 1. The largest absolute Gasteiger partial charge is 0.451 e. The molecule has 0 spiro atoms. The van der Waals surface area contributed by atoms with E-state index in [0.29, 0.717) is 16.7 Å². The summed E-state index contributed by atoms with van der Waals surface area (Å²) >= 11 is 0. The van der Waals surface area contributed by atoms with Crippen molar-refractivity contribution in [3.63, 3.8) is 0 Å². The van der Waals surface area contributed by atoms with Gasteiger partial charge in [-0.05, 0) is 44.0 Å². The van der Waals surface area contributed by atoms with Crippen molar-refractivity contribution in [2.75, 3.05) is 12.3 Å². The number of nitrogens with zero attached hydrogens (tertiary/aromatic N) is 5. The molecule has 2 atom stereocenters. The Morgan fingerprint density at radius 1 is 0.891 bits per heavy atom. The van der Waals surface area contributed by atoms with E-state index in [0.717, 1.165) is 11.1 Å². The van der Waals surface area contributed by atoms with Gasteiger partial charge in [-0.1, -0.05) is 83.8 Å². The fourth-order valence-corrected chi connectivity index (χ4v) is 5.69. The summed E-state index contributed by atoms with van der Waals surface area (Å²) in [5.74, 6) is -0.756. The average molecular weight is 620 g/mol. The lowest BCUT2D eigenvalue weighted by atomic mass is 10.0. The zero-order valence-corrected chi connectivity index (χ0v) is 25.8. The highest BCUT2D eigenvalue weighted by molar-refractivity contribution is 5.91. The lowest BCUT2D eigenvalue weighted by Gasteiger charge is -2.28. The van der Waals surface area contributed by atoms with Crippen LogP contribution in [-0.4, -0.2) is 55.6 Å². The lowest BCUT2D eigenvalue weighted by Crippen LogP contribution is -2.45. The number of rotatable bonds is 6. The van der Waals surface area contributed by atoms with Gasteiger partial charge >= 0.3 is 18.0 Å². The molecule has 234 valence electrons. The van der Waals surface area contributed by atoms with E-state index in [4.69, 9.17) is 15.2 Å². The Morgan fingerprint density at radius 2 is 1.48 bits per heavy atom. The van der Waals surface area contributed by atoms with Crippen LogP contribution in [0.4, 0.5) is 10.6 Å². The Hall–Kier alpha value is -5.58. The van der Waals surface area contributed by atoms with Gasteiger partial charge in [0.05, 0.1) is 12.1 Å². The van der Waals surface area contributed by atoms with E-state index in [1.165, 1.54) is 15.8 Å². The third-order valence-corrected chi connectivity index (χ3v) is 7.80. The van der Waals surface area contributed by atoms with Crippen molar-refractivity contribution in [2.45, 2.75) is 51.0 Å². The van der Waals surface area contributed by atoms with Gasteiger partial charge in [-0.3, -0.25) is 4.90 Å². The van der Waals surface area contributed by atoms with Crippen molar-refractivity contribution in [3.8, 4) is 0 Å². The molecule has 0 aliphatic carbocycles. The van der Waals surface area contributed by atoms with Gasteiger partial charge in [0.25, 0.3) is 5.65 Å². The van der Waals surface area contributed by atoms with Crippen LogP contribution < -0.4 is 10.3 Å². The van der Waals surface area contributed by atoms with E-state index in [2.05, 4.69) is 9.97 Å². The summed E-state index contributed by atoms with van der Waals surface area (Å²) in [6, 6.07) is 26.2. The molecule has 1 aliphatic heterocycles. The molecule has 2 aromatic heterocycles. The van der Waals surface area contributed by atoms with Crippen molar-refractivity contribution in [1.82, 2.24) is 19.4 Å². The molecule has 5 aromatic rings. The lowest BCUT2D eigenvalue weighted by molar-refractivity contribution is -0.549. The van der Waals surface area contributed by atoms with Crippen molar-refractivity contribution >= 4 is 35.0 Å². The van der Waals surface area contributed by atoms with Gasteiger partial charge < -0.3 is 15.2 Å². The molecule has 1 fully saturated rings. The molecular formula is C35H35N6O5+. The van der Waals surface area contributed by atoms with Crippen molar-refractivity contribution < 1.29 is 28.4 Å². The minimum absolute atomic E-state index is 0.100. The fraction of sp³-hybridized carbons (Fsp3) is 0.257. The smallest absolute Gasteiger partial charge is 0.411 e. The predicted molar refractivity (Wildman–Crippen MR) is 170 cm³/mol. The molecule has 0 radical (unpaired) electrons. The number of hydrogen-bond donors (Lipinski definition) is 1. The Labute approximate surface area is 266 Å². The maximum absolute atomic E-state index is 14.1. The number of carbonyl (C=O) groups excluding carboxylic acids is 3. The van der Waals surface area contributed by atoms with Crippen LogP contribution in [0.25, 0.3) is 11.2 Å². The predicted octanol–water partition coefficient (Wildman–Crippen LogP) is 4.87. The van der Waals surface area contributed by atoms with Crippen molar-refractivity contribution in [1.29, 1.82) is 0 Å². The minimum atomic E-state index is -0.982. The van der Waals surface area contributed by atoms with E-state index in [9.17, 15) is 14.4 Å². The average Bonchev–Trinajstić information content (AvgIpc) is 3.70. The van der Waals surface area contributed by atoms with Gasteiger partial charge in [0.1, 0.15) is 17.7 Å². The summed E-state index contributed by atoms with van der Waals surface area (Å²) in [6.45, 7) is 5.40. The van der Waals surface area contributed by atoms with Gasteiger partial charge in [0, 0.05) is 6.42 Å². The third-order valence-electron chi connectivity index (χ3n) is 7.80. The van der Waals surface area contributed by atoms with Crippen LogP contribution in [0, 0.1) is 0 Å². The van der Waals surface area contributed by atoms with Crippen LogP contribution in [0.2, 0.25) is 0 Å². The molecule has 2 N–H and O–H groups in total. The Morgan fingerprint density at radius 3 is 2.07 bits per heavy atom. The second-order valence-corrected chi connectivity index (χ2v) is 12.2. The molecule has 6 rings (SSSR count). The summed E-state index contributed by atoms with van der Waals surface area (Å²) < 4.78 is 15.1. The number of likely N-dealkylation sites (tertiary alicyclic amines) is 1. The topological polar surface area (TPSA) is 134 Å². The third kappa shape index (κ3) is 6.16. The second-order valence-electron chi connectivity index (χ2n) is 12.2. The normalized spacial score (nSPS) is 16.5. The first-order chi connectivity index (χ1) is 22.1. The second kappa shape index (κ2) is 12.4. The number of fused-ring (bicyclic) bond motifs is 1. The summed E-state index contributed by atoms with van der Waals surface area (Å²) in [5.41, 5.74) is 8.16. The minimum Gasteiger partial charge on any atom is -0.451 e. The number of esters is 1. The standard InChI is InChI=1S/C35H34N6O5/c1-35(2,3)46-34(44)39-20-26(19-27(39)33(43)45-29(23-13-7-4-8-14-23)24-15-9-5-10-16-24)40-21-37-28-30(36)38-22-41(31(28)40)32(42)25-17-11-6-12-18-25/h4-18,21-22,26-27,29,36H,19-20H2,1-3H3/p+1/t26-,27-/m1/s1.